The monoisotopic (exact) mass is 335 g/mol. The number of rotatable bonds is 4. The van der Waals surface area contributed by atoms with Crippen LogP contribution in [0, 0.1) is 0 Å². The lowest BCUT2D eigenvalue weighted by Crippen LogP contribution is -2.36. The average molecular weight is 335 g/mol. The zero-order valence-electron chi connectivity index (χ0n) is 14.3. The number of carbonyl (C=O) groups is 1. The smallest absolute Gasteiger partial charge is 0.257 e. The second-order valence-electron chi connectivity index (χ2n) is 6.32. The van der Waals surface area contributed by atoms with Gasteiger partial charge in [0.05, 0.1) is 5.56 Å². The largest absolute Gasteiger partial charge is 0.508 e. The van der Waals surface area contributed by atoms with Gasteiger partial charge in [-0.3, -0.25) is 4.79 Å². The first kappa shape index (κ1) is 16.8. The van der Waals surface area contributed by atoms with E-state index in [0.717, 1.165) is 10.9 Å². The maximum atomic E-state index is 12.8. The molecule has 128 valence electrons. The van der Waals surface area contributed by atoms with Crippen LogP contribution in [-0.2, 0) is 6.42 Å². The van der Waals surface area contributed by atoms with Crippen LogP contribution >= 0.6 is 0 Å². The average Bonchev–Trinajstić information content (AvgIpc) is 2.63. The molecule has 25 heavy (non-hydrogen) atoms. The van der Waals surface area contributed by atoms with Crippen LogP contribution in [0.4, 0.5) is 0 Å². The van der Waals surface area contributed by atoms with Crippen LogP contribution in [0.3, 0.4) is 0 Å². The minimum Gasteiger partial charge on any atom is -0.508 e. The normalized spacial score (nSPS) is 12.1. The number of fused-ring (bicyclic) bond motifs is 1. The van der Waals surface area contributed by atoms with Crippen molar-refractivity contribution in [1.82, 2.24) is 4.90 Å². The summed E-state index contributed by atoms with van der Waals surface area (Å²) in [4.78, 5) is 14.5. The van der Waals surface area contributed by atoms with E-state index in [1.165, 1.54) is 0 Å². The Morgan fingerprint density at radius 2 is 1.68 bits per heavy atom. The summed E-state index contributed by atoms with van der Waals surface area (Å²) in [6.45, 7) is 1.96. The fourth-order valence-corrected chi connectivity index (χ4v) is 2.93. The van der Waals surface area contributed by atoms with E-state index < -0.39 is 0 Å². The molecular formula is C21H21NO3. The van der Waals surface area contributed by atoms with Crippen LogP contribution in [0.25, 0.3) is 10.8 Å². The lowest BCUT2D eigenvalue weighted by atomic mass is 10.0. The Kier molecular flexibility index (Phi) is 4.61. The van der Waals surface area contributed by atoms with Gasteiger partial charge in [0.25, 0.3) is 5.91 Å². The lowest BCUT2D eigenvalue weighted by Gasteiger charge is -2.25. The molecule has 1 amide bonds. The lowest BCUT2D eigenvalue weighted by molar-refractivity contribution is 0.0740. The van der Waals surface area contributed by atoms with E-state index in [9.17, 15) is 15.0 Å². The number of benzene rings is 3. The van der Waals surface area contributed by atoms with Gasteiger partial charge >= 0.3 is 0 Å². The summed E-state index contributed by atoms with van der Waals surface area (Å²) in [5.74, 6) is 0.0308. The number of phenols is 2. The van der Waals surface area contributed by atoms with Crippen molar-refractivity contribution in [3.05, 3.63) is 71.8 Å². The summed E-state index contributed by atoms with van der Waals surface area (Å²) in [7, 11) is 1.74. The van der Waals surface area contributed by atoms with E-state index in [0.29, 0.717) is 17.4 Å². The summed E-state index contributed by atoms with van der Waals surface area (Å²) in [6.07, 6.45) is 0.664. The molecule has 0 fully saturated rings. The van der Waals surface area contributed by atoms with E-state index in [1.54, 1.807) is 36.2 Å². The minimum atomic E-state index is -0.213. The summed E-state index contributed by atoms with van der Waals surface area (Å²) >= 11 is 0. The number of phenolic OH excluding ortho intramolecular Hbond substituents is 2. The Balaban J connectivity index is 1.82. The molecule has 1 atom stereocenters. The molecule has 3 aromatic rings. The van der Waals surface area contributed by atoms with Crippen molar-refractivity contribution in [3.8, 4) is 11.5 Å². The molecule has 0 aliphatic heterocycles. The molecule has 3 rings (SSSR count). The van der Waals surface area contributed by atoms with Gasteiger partial charge in [0.1, 0.15) is 11.5 Å². The molecular weight excluding hydrogens is 314 g/mol. The van der Waals surface area contributed by atoms with Gasteiger partial charge in [-0.05, 0) is 42.5 Å². The number of likely N-dealkylation sites (N-methyl/N-ethyl adjacent to an activating group) is 1. The number of carbonyl (C=O) groups excluding carboxylic acids is 1. The highest BCUT2D eigenvalue weighted by atomic mass is 16.3. The quantitative estimate of drug-likeness (QED) is 0.759. The highest BCUT2D eigenvalue weighted by Gasteiger charge is 2.21. The highest BCUT2D eigenvalue weighted by molar-refractivity contribution is 6.03. The Hall–Kier alpha value is -3.01. The molecule has 3 aromatic carbocycles. The van der Waals surface area contributed by atoms with Crippen LogP contribution in [0.15, 0.2) is 60.7 Å². The van der Waals surface area contributed by atoms with E-state index in [2.05, 4.69) is 0 Å². The molecule has 0 heterocycles. The molecule has 0 aliphatic carbocycles. The first-order valence-corrected chi connectivity index (χ1v) is 8.23. The van der Waals surface area contributed by atoms with Gasteiger partial charge in [0.15, 0.2) is 0 Å². The zero-order chi connectivity index (χ0) is 18.0. The molecule has 0 radical (unpaired) electrons. The fourth-order valence-electron chi connectivity index (χ4n) is 2.93. The number of amides is 1. The molecule has 4 heteroatoms. The predicted molar refractivity (Wildman–Crippen MR) is 99.0 cm³/mol. The van der Waals surface area contributed by atoms with Crippen molar-refractivity contribution in [3.63, 3.8) is 0 Å². The van der Waals surface area contributed by atoms with Gasteiger partial charge < -0.3 is 15.1 Å². The highest BCUT2D eigenvalue weighted by Crippen LogP contribution is 2.29. The van der Waals surface area contributed by atoms with Gasteiger partial charge in [-0.2, -0.15) is 0 Å². The first-order chi connectivity index (χ1) is 12.0. The first-order valence-electron chi connectivity index (χ1n) is 8.23. The molecule has 4 nitrogen and oxygen atoms in total. The molecule has 0 spiro atoms. The van der Waals surface area contributed by atoms with E-state index >= 15 is 0 Å². The van der Waals surface area contributed by atoms with E-state index in [4.69, 9.17) is 0 Å². The summed E-state index contributed by atoms with van der Waals surface area (Å²) < 4.78 is 0. The van der Waals surface area contributed by atoms with Crippen molar-refractivity contribution in [2.75, 3.05) is 7.05 Å². The Labute approximate surface area is 147 Å². The molecule has 0 saturated carbocycles. The minimum absolute atomic E-state index is 0.0202. The number of hydrogen-bond acceptors (Lipinski definition) is 3. The molecule has 0 bridgehead atoms. The Bertz CT molecular complexity index is 903. The van der Waals surface area contributed by atoms with Gasteiger partial charge in [-0.15, -0.1) is 0 Å². The second-order valence-corrected chi connectivity index (χ2v) is 6.32. The van der Waals surface area contributed by atoms with Crippen LogP contribution in [0.2, 0.25) is 0 Å². The van der Waals surface area contributed by atoms with Crippen LogP contribution in [0.5, 0.6) is 11.5 Å². The fraction of sp³-hybridized carbons (Fsp3) is 0.190. The van der Waals surface area contributed by atoms with Crippen molar-refractivity contribution in [2.45, 2.75) is 19.4 Å². The molecule has 2 N–H and O–H groups in total. The zero-order valence-corrected chi connectivity index (χ0v) is 14.3. The maximum absolute atomic E-state index is 12.8. The molecule has 1 unspecified atom stereocenters. The van der Waals surface area contributed by atoms with Crippen LogP contribution in [0.1, 0.15) is 22.8 Å². The second kappa shape index (κ2) is 6.85. The third kappa shape index (κ3) is 3.43. The summed E-state index contributed by atoms with van der Waals surface area (Å²) in [5.41, 5.74) is 1.34. The summed E-state index contributed by atoms with van der Waals surface area (Å²) in [5, 5.41) is 21.4. The molecule has 0 aliphatic rings. The standard InChI is InChI=1S/C21H21NO3/c1-14(13-15-7-10-17(23)11-8-15)22(2)21(25)19-12-9-16-5-3-4-6-18(16)20(19)24/h3-12,14,23-24H,13H2,1-2H3. The Morgan fingerprint density at radius 3 is 2.40 bits per heavy atom. The third-order valence-electron chi connectivity index (χ3n) is 4.58. The number of aromatic hydroxyl groups is 2. The van der Waals surface area contributed by atoms with Crippen molar-refractivity contribution < 1.29 is 15.0 Å². The van der Waals surface area contributed by atoms with E-state index in [1.807, 2.05) is 43.3 Å². The molecule has 0 saturated heterocycles. The summed E-state index contributed by atoms with van der Waals surface area (Å²) in [6, 6.07) is 17.9. The topological polar surface area (TPSA) is 60.8 Å². The SMILES string of the molecule is CC(Cc1ccc(O)cc1)N(C)C(=O)c1ccc2ccccc2c1O. The van der Waals surface area contributed by atoms with Crippen LogP contribution < -0.4 is 0 Å². The maximum Gasteiger partial charge on any atom is 0.257 e. The van der Waals surface area contributed by atoms with Crippen molar-refractivity contribution in [1.29, 1.82) is 0 Å². The third-order valence-corrected chi connectivity index (χ3v) is 4.58. The molecule has 0 aromatic heterocycles. The van der Waals surface area contributed by atoms with Crippen molar-refractivity contribution >= 4 is 16.7 Å². The Morgan fingerprint density at radius 1 is 1.00 bits per heavy atom. The van der Waals surface area contributed by atoms with Gasteiger partial charge in [-0.1, -0.05) is 42.5 Å². The predicted octanol–water partition coefficient (Wildman–Crippen LogP) is 3.95. The van der Waals surface area contributed by atoms with Gasteiger partial charge in [0.2, 0.25) is 0 Å². The van der Waals surface area contributed by atoms with Crippen molar-refractivity contribution in [2.24, 2.45) is 0 Å². The number of nitrogens with zero attached hydrogens (tertiary/aromatic N) is 1. The van der Waals surface area contributed by atoms with E-state index in [-0.39, 0.29) is 23.4 Å². The van der Waals surface area contributed by atoms with Gasteiger partial charge in [-0.25, -0.2) is 0 Å². The van der Waals surface area contributed by atoms with Gasteiger partial charge in [0, 0.05) is 18.5 Å². The van der Waals surface area contributed by atoms with Crippen LogP contribution in [-0.4, -0.2) is 34.1 Å². The number of hydrogen-bond donors (Lipinski definition) is 2.